The molecule has 152 valence electrons. The lowest BCUT2D eigenvalue weighted by Gasteiger charge is -2.35. The summed E-state index contributed by atoms with van der Waals surface area (Å²) in [6.45, 7) is 1.93. The van der Waals surface area contributed by atoms with Gasteiger partial charge in [0.15, 0.2) is 0 Å². The third kappa shape index (κ3) is 4.67. The minimum atomic E-state index is -3.54. The summed E-state index contributed by atoms with van der Waals surface area (Å²) in [5.74, 6) is 0.0611. The van der Waals surface area contributed by atoms with E-state index in [4.69, 9.17) is 4.74 Å². The zero-order valence-corrected chi connectivity index (χ0v) is 17.9. The van der Waals surface area contributed by atoms with Crippen LogP contribution in [0.25, 0.3) is 10.8 Å². The Balaban J connectivity index is 1.45. The maximum atomic E-state index is 13.2. The van der Waals surface area contributed by atoms with E-state index >= 15 is 0 Å². The fourth-order valence-electron chi connectivity index (χ4n) is 3.75. The van der Waals surface area contributed by atoms with Gasteiger partial charge in [0.05, 0.1) is 18.1 Å². The molecule has 0 saturated carbocycles. The molecule has 1 saturated heterocycles. The first kappa shape index (κ1) is 20.4. The normalized spacial score (nSPS) is 20.7. The van der Waals surface area contributed by atoms with E-state index in [9.17, 15) is 8.42 Å². The van der Waals surface area contributed by atoms with Gasteiger partial charge in [-0.1, -0.05) is 60.7 Å². The van der Waals surface area contributed by atoms with Crippen molar-refractivity contribution in [3.63, 3.8) is 0 Å². The highest BCUT2D eigenvalue weighted by Crippen LogP contribution is 2.28. The number of sulfonamides is 1. The van der Waals surface area contributed by atoms with Gasteiger partial charge in [-0.2, -0.15) is 16.9 Å². The van der Waals surface area contributed by atoms with E-state index in [-0.39, 0.29) is 11.2 Å². The zero-order chi connectivity index (χ0) is 20.3. The molecule has 3 aromatic carbocycles. The summed E-state index contributed by atoms with van der Waals surface area (Å²) in [5.41, 5.74) is 1.11. The first-order valence-corrected chi connectivity index (χ1v) is 11.8. The number of hydrogen-bond acceptors (Lipinski definition) is 4. The van der Waals surface area contributed by atoms with Crippen LogP contribution >= 0.6 is 12.6 Å². The fourth-order valence-corrected chi connectivity index (χ4v) is 5.59. The van der Waals surface area contributed by atoms with Crippen molar-refractivity contribution in [3.05, 3.63) is 78.4 Å². The van der Waals surface area contributed by atoms with Crippen molar-refractivity contribution in [2.75, 3.05) is 19.7 Å². The lowest BCUT2D eigenvalue weighted by atomic mass is 10.00. The Hall–Kier alpha value is -1.86. The van der Waals surface area contributed by atoms with Crippen LogP contribution in [0, 0.1) is 5.92 Å². The molecule has 0 unspecified atom stereocenters. The van der Waals surface area contributed by atoms with Crippen LogP contribution in [0.15, 0.2) is 77.7 Å². The van der Waals surface area contributed by atoms with Gasteiger partial charge in [-0.15, -0.1) is 0 Å². The minimum Gasteiger partial charge on any atom is -0.376 e. The van der Waals surface area contributed by atoms with Gasteiger partial charge in [-0.05, 0) is 34.9 Å². The van der Waals surface area contributed by atoms with Crippen LogP contribution in [0.2, 0.25) is 0 Å². The van der Waals surface area contributed by atoms with Gasteiger partial charge in [-0.3, -0.25) is 0 Å². The highest BCUT2D eigenvalue weighted by molar-refractivity contribution is 7.89. The number of ether oxygens (including phenoxy) is 1. The molecule has 2 atom stereocenters. The molecule has 0 spiro atoms. The molecule has 0 N–H and O–H groups in total. The molecule has 4 rings (SSSR count). The van der Waals surface area contributed by atoms with Crippen molar-refractivity contribution in [1.82, 2.24) is 4.31 Å². The van der Waals surface area contributed by atoms with E-state index in [2.05, 4.69) is 12.6 Å². The van der Waals surface area contributed by atoms with Crippen LogP contribution in [-0.4, -0.2) is 37.7 Å². The largest absolute Gasteiger partial charge is 0.376 e. The number of benzene rings is 3. The molecule has 1 aliphatic heterocycles. The summed E-state index contributed by atoms with van der Waals surface area (Å²) < 4.78 is 33.9. The molecule has 1 aliphatic rings. The Labute approximate surface area is 178 Å². The van der Waals surface area contributed by atoms with Gasteiger partial charge in [0.2, 0.25) is 10.0 Å². The van der Waals surface area contributed by atoms with Crippen LogP contribution in [0.5, 0.6) is 0 Å². The van der Waals surface area contributed by atoms with Crippen molar-refractivity contribution in [1.29, 1.82) is 0 Å². The second kappa shape index (κ2) is 8.88. The van der Waals surface area contributed by atoms with Gasteiger partial charge in [0, 0.05) is 24.3 Å². The molecule has 0 aliphatic carbocycles. The Kier molecular flexibility index (Phi) is 6.25. The minimum absolute atomic E-state index is 0.0611. The summed E-state index contributed by atoms with van der Waals surface area (Å²) in [6.07, 6.45) is 0.718. The average molecular weight is 428 g/mol. The van der Waals surface area contributed by atoms with E-state index in [0.29, 0.717) is 31.2 Å². The molecule has 0 radical (unpaired) electrons. The molecule has 0 amide bonds. The highest BCUT2D eigenvalue weighted by Gasteiger charge is 2.34. The van der Waals surface area contributed by atoms with Crippen molar-refractivity contribution >= 4 is 33.4 Å². The Bertz CT molecular complexity index is 1070. The van der Waals surface area contributed by atoms with E-state index in [1.54, 1.807) is 16.4 Å². The van der Waals surface area contributed by atoms with Crippen molar-refractivity contribution in [2.45, 2.75) is 23.2 Å². The lowest BCUT2D eigenvalue weighted by Crippen LogP contribution is -2.45. The lowest BCUT2D eigenvalue weighted by molar-refractivity contribution is 0.0701. The molecular formula is C23H25NO3S2. The third-order valence-corrected chi connectivity index (χ3v) is 8.00. The van der Waals surface area contributed by atoms with E-state index in [1.165, 1.54) is 0 Å². The van der Waals surface area contributed by atoms with E-state index in [0.717, 1.165) is 22.8 Å². The quantitative estimate of drug-likeness (QED) is 0.595. The van der Waals surface area contributed by atoms with Gasteiger partial charge < -0.3 is 4.74 Å². The molecule has 3 aromatic rings. The highest BCUT2D eigenvalue weighted by atomic mass is 32.2. The van der Waals surface area contributed by atoms with Gasteiger partial charge >= 0.3 is 0 Å². The van der Waals surface area contributed by atoms with E-state index in [1.807, 2.05) is 60.7 Å². The van der Waals surface area contributed by atoms with Gasteiger partial charge in [0.1, 0.15) is 0 Å². The maximum absolute atomic E-state index is 13.2. The molecule has 1 fully saturated rings. The number of fused-ring (bicyclic) bond motifs is 1. The SMILES string of the molecule is O=S(=O)(c1ccc2ccccc2c1)N1CC[C@H](S)[C@H](COCc2ccccc2)C1. The average Bonchev–Trinajstić information content (AvgIpc) is 2.75. The molecular weight excluding hydrogens is 402 g/mol. The summed E-state index contributed by atoms with van der Waals surface area (Å²) in [6, 6.07) is 23.1. The second-order valence-electron chi connectivity index (χ2n) is 7.49. The van der Waals surface area contributed by atoms with Crippen molar-refractivity contribution < 1.29 is 13.2 Å². The smallest absolute Gasteiger partial charge is 0.243 e. The Morgan fingerprint density at radius 3 is 2.48 bits per heavy atom. The monoisotopic (exact) mass is 427 g/mol. The standard InChI is InChI=1S/C23H25NO3S2/c25-29(26,22-11-10-19-8-4-5-9-20(19)14-22)24-13-12-23(28)21(15-24)17-27-16-18-6-2-1-3-7-18/h1-11,14,21,23,28H,12-13,15-17H2/t21-,23-/m0/s1. The Morgan fingerprint density at radius 1 is 0.966 bits per heavy atom. The molecule has 6 heteroatoms. The Morgan fingerprint density at radius 2 is 1.69 bits per heavy atom. The van der Waals surface area contributed by atoms with Gasteiger partial charge in [-0.25, -0.2) is 8.42 Å². The maximum Gasteiger partial charge on any atom is 0.243 e. The molecule has 0 aromatic heterocycles. The van der Waals surface area contributed by atoms with Crippen molar-refractivity contribution in [2.24, 2.45) is 5.92 Å². The van der Waals surface area contributed by atoms with Crippen LogP contribution in [0.1, 0.15) is 12.0 Å². The predicted octanol–water partition coefficient (Wildman–Crippen LogP) is 4.37. The number of nitrogens with zero attached hydrogens (tertiary/aromatic N) is 1. The molecule has 1 heterocycles. The van der Waals surface area contributed by atoms with Crippen LogP contribution in [-0.2, 0) is 21.4 Å². The predicted molar refractivity (Wildman–Crippen MR) is 120 cm³/mol. The first-order valence-electron chi connectivity index (χ1n) is 9.83. The third-order valence-electron chi connectivity index (χ3n) is 5.46. The van der Waals surface area contributed by atoms with Crippen molar-refractivity contribution in [3.8, 4) is 0 Å². The molecule has 29 heavy (non-hydrogen) atoms. The van der Waals surface area contributed by atoms with Gasteiger partial charge in [0.25, 0.3) is 0 Å². The summed E-state index contributed by atoms with van der Waals surface area (Å²) in [4.78, 5) is 0.345. The number of hydrogen-bond donors (Lipinski definition) is 1. The van der Waals surface area contributed by atoms with Crippen LogP contribution < -0.4 is 0 Å². The zero-order valence-electron chi connectivity index (χ0n) is 16.1. The fraction of sp³-hybridized carbons (Fsp3) is 0.304. The molecule has 4 nitrogen and oxygen atoms in total. The first-order chi connectivity index (χ1) is 14.0. The summed E-state index contributed by atoms with van der Waals surface area (Å²) in [5, 5.41) is 2.10. The molecule has 0 bridgehead atoms. The number of rotatable bonds is 6. The number of thiol groups is 1. The van der Waals surface area contributed by atoms with E-state index < -0.39 is 10.0 Å². The van der Waals surface area contributed by atoms with Crippen LogP contribution in [0.3, 0.4) is 0 Å². The summed E-state index contributed by atoms with van der Waals surface area (Å²) >= 11 is 4.69. The number of piperidine rings is 1. The topological polar surface area (TPSA) is 46.6 Å². The second-order valence-corrected chi connectivity index (χ2v) is 10.1. The van der Waals surface area contributed by atoms with Crippen LogP contribution in [0.4, 0.5) is 0 Å². The summed E-state index contributed by atoms with van der Waals surface area (Å²) in [7, 11) is -3.54.